The topological polar surface area (TPSA) is 89.9 Å². The van der Waals surface area contributed by atoms with Gasteiger partial charge in [0.1, 0.15) is 0 Å². The van der Waals surface area contributed by atoms with E-state index in [1.165, 1.54) is 0 Å². The molecule has 0 aromatic rings. The summed E-state index contributed by atoms with van der Waals surface area (Å²) < 4.78 is 0. The van der Waals surface area contributed by atoms with Crippen molar-refractivity contribution in [2.75, 3.05) is 0 Å². The van der Waals surface area contributed by atoms with Gasteiger partial charge in [-0.1, -0.05) is 0 Å². The van der Waals surface area contributed by atoms with E-state index in [-0.39, 0.29) is 6.47 Å². The van der Waals surface area contributed by atoms with Gasteiger partial charge in [-0.05, 0) is 0 Å². The molecule has 1 N–H and O–H groups in total. The van der Waals surface area contributed by atoms with E-state index in [0.29, 0.717) is 12.2 Å². The Hall–Kier alpha value is -1.85. The molecule has 0 saturated carbocycles. The number of aliphatic carboxylic acids is 1. The van der Waals surface area contributed by atoms with Gasteiger partial charge in [0.25, 0.3) is 0 Å². The molecule has 6 nitrogen and oxygen atoms in total. The molecular formula is C5H4O6. The van der Waals surface area contributed by atoms with Crippen molar-refractivity contribution in [3.05, 3.63) is 12.2 Å². The summed E-state index contributed by atoms with van der Waals surface area (Å²) in [6, 6.07) is 0. The lowest BCUT2D eigenvalue weighted by molar-refractivity contribution is -0.243. The summed E-state index contributed by atoms with van der Waals surface area (Å²) in [5, 5.41) is 7.98. The Labute approximate surface area is 60.9 Å². The van der Waals surface area contributed by atoms with E-state index in [0.717, 1.165) is 0 Å². The number of carboxylic acids is 1. The molecule has 0 saturated heterocycles. The number of carbonyl (C=O) groups excluding carboxylic acids is 2. The highest BCUT2D eigenvalue weighted by atomic mass is 17.2. The fraction of sp³-hybridized carbons (Fsp3) is 0. The van der Waals surface area contributed by atoms with E-state index < -0.39 is 11.9 Å². The summed E-state index contributed by atoms with van der Waals surface area (Å²) in [6.45, 7) is -0.105. The molecule has 0 aliphatic heterocycles. The number of hydrogen-bond acceptors (Lipinski definition) is 5. The molecule has 11 heavy (non-hydrogen) atoms. The minimum absolute atomic E-state index is 0.105. The van der Waals surface area contributed by atoms with Gasteiger partial charge in [0.05, 0.1) is 0 Å². The minimum Gasteiger partial charge on any atom is -0.478 e. The quantitative estimate of drug-likeness (QED) is 0.252. The average Bonchev–Trinajstić information content (AvgIpc) is 1.97. The molecule has 60 valence electrons. The third kappa shape index (κ3) is 6.03. The molecule has 0 rings (SSSR count). The minimum atomic E-state index is -1.30. The lowest BCUT2D eigenvalue weighted by atomic mass is 10.5. The summed E-state index contributed by atoms with van der Waals surface area (Å²) in [4.78, 5) is 36.7. The SMILES string of the molecule is O=COOC(=O)/C=C\C(=O)O. The van der Waals surface area contributed by atoms with Crippen molar-refractivity contribution in [3.8, 4) is 0 Å². The Kier molecular flexibility index (Phi) is 4.14. The van der Waals surface area contributed by atoms with Crippen molar-refractivity contribution in [2.45, 2.75) is 0 Å². The van der Waals surface area contributed by atoms with Crippen LogP contribution in [0.4, 0.5) is 0 Å². The van der Waals surface area contributed by atoms with Crippen LogP contribution in [0.15, 0.2) is 12.2 Å². The third-order valence-electron chi connectivity index (χ3n) is 0.532. The number of carboxylic acid groups (broad SMARTS) is 1. The van der Waals surface area contributed by atoms with Crippen molar-refractivity contribution in [1.82, 2.24) is 0 Å². The van der Waals surface area contributed by atoms with Gasteiger partial charge in [-0.2, -0.15) is 0 Å². The molecule has 0 aromatic carbocycles. The van der Waals surface area contributed by atoms with Gasteiger partial charge in [0.15, 0.2) is 0 Å². The maximum absolute atomic E-state index is 10.3. The molecule has 0 aliphatic rings. The van der Waals surface area contributed by atoms with Crippen molar-refractivity contribution in [1.29, 1.82) is 0 Å². The van der Waals surface area contributed by atoms with Crippen molar-refractivity contribution in [3.63, 3.8) is 0 Å². The summed E-state index contributed by atoms with van der Waals surface area (Å²) >= 11 is 0. The second-order valence-corrected chi connectivity index (χ2v) is 1.27. The van der Waals surface area contributed by atoms with Gasteiger partial charge in [-0.15, -0.1) is 0 Å². The van der Waals surface area contributed by atoms with Gasteiger partial charge in [0.2, 0.25) is 0 Å². The molecule has 0 aromatic heterocycles. The van der Waals surface area contributed by atoms with Crippen LogP contribution < -0.4 is 0 Å². The van der Waals surface area contributed by atoms with Crippen molar-refractivity contribution >= 4 is 18.4 Å². The van der Waals surface area contributed by atoms with Gasteiger partial charge >= 0.3 is 18.4 Å². The highest BCUT2D eigenvalue weighted by molar-refractivity contribution is 5.90. The zero-order chi connectivity index (χ0) is 8.69. The van der Waals surface area contributed by atoms with Crippen LogP contribution >= 0.6 is 0 Å². The molecular weight excluding hydrogens is 156 g/mol. The van der Waals surface area contributed by atoms with Gasteiger partial charge < -0.3 is 5.11 Å². The first-order valence-corrected chi connectivity index (χ1v) is 2.38. The van der Waals surface area contributed by atoms with Crippen LogP contribution in [0, 0.1) is 0 Å². The highest BCUT2D eigenvalue weighted by Crippen LogP contribution is 1.80. The van der Waals surface area contributed by atoms with E-state index in [1.807, 2.05) is 0 Å². The van der Waals surface area contributed by atoms with Crippen molar-refractivity contribution < 1.29 is 29.3 Å². The predicted octanol–water partition coefficient (Wildman–Crippen LogP) is -0.742. The zero-order valence-electron chi connectivity index (χ0n) is 5.22. The van der Waals surface area contributed by atoms with E-state index in [4.69, 9.17) is 5.11 Å². The third-order valence-corrected chi connectivity index (χ3v) is 0.532. The van der Waals surface area contributed by atoms with Crippen LogP contribution in [-0.4, -0.2) is 23.5 Å². The fourth-order valence-electron chi connectivity index (χ4n) is 0.234. The van der Waals surface area contributed by atoms with E-state index in [2.05, 4.69) is 9.78 Å². The first kappa shape index (κ1) is 9.15. The molecule has 0 aliphatic carbocycles. The lowest BCUT2D eigenvalue weighted by Crippen LogP contribution is -2.01. The van der Waals surface area contributed by atoms with E-state index >= 15 is 0 Å². The summed E-state index contributed by atoms with van der Waals surface area (Å²) in [5.41, 5.74) is 0. The van der Waals surface area contributed by atoms with Crippen LogP contribution in [0.3, 0.4) is 0 Å². The summed E-state index contributed by atoms with van der Waals surface area (Å²) in [7, 11) is 0. The lowest BCUT2D eigenvalue weighted by Gasteiger charge is -1.90. The van der Waals surface area contributed by atoms with Gasteiger partial charge in [-0.25, -0.2) is 14.5 Å². The zero-order valence-corrected chi connectivity index (χ0v) is 5.22. The highest BCUT2D eigenvalue weighted by Gasteiger charge is 1.97. The van der Waals surface area contributed by atoms with Crippen molar-refractivity contribution in [2.24, 2.45) is 0 Å². The van der Waals surface area contributed by atoms with Crippen LogP contribution in [0.5, 0.6) is 0 Å². The second-order valence-electron chi connectivity index (χ2n) is 1.27. The number of rotatable bonds is 4. The Morgan fingerprint density at radius 1 is 1.27 bits per heavy atom. The smallest absolute Gasteiger partial charge is 0.379 e. The van der Waals surface area contributed by atoms with Crippen LogP contribution in [0.1, 0.15) is 0 Å². The van der Waals surface area contributed by atoms with Crippen LogP contribution in [0.25, 0.3) is 0 Å². The molecule has 0 atom stereocenters. The molecule has 6 heteroatoms. The first-order chi connectivity index (χ1) is 5.16. The largest absolute Gasteiger partial charge is 0.478 e. The summed E-state index contributed by atoms with van der Waals surface area (Å²) in [6.07, 6.45) is 1.16. The Morgan fingerprint density at radius 2 is 1.91 bits per heavy atom. The molecule has 0 heterocycles. The van der Waals surface area contributed by atoms with Gasteiger partial charge in [0, 0.05) is 12.2 Å². The Morgan fingerprint density at radius 3 is 2.36 bits per heavy atom. The predicted molar refractivity (Wildman–Crippen MR) is 30.0 cm³/mol. The molecule has 0 unspecified atom stereocenters. The van der Waals surface area contributed by atoms with E-state index in [9.17, 15) is 14.4 Å². The fourth-order valence-corrected chi connectivity index (χ4v) is 0.234. The number of hydrogen-bond donors (Lipinski definition) is 1. The second kappa shape index (κ2) is 4.98. The Bertz CT molecular complexity index is 193. The van der Waals surface area contributed by atoms with Crippen LogP contribution in [-0.2, 0) is 24.2 Å². The average molecular weight is 160 g/mol. The van der Waals surface area contributed by atoms with Gasteiger partial charge in [-0.3, -0.25) is 9.68 Å². The summed E-state index contributed by atoms with van der Waals surface area (Å²) in [5.74, 6) is -2.37. The first-order valence-electron chi connectivity index (χ1n) is 2.38. The molecule has 0 bridgehead atoms. The molecule has 0 spiro atoms. The monoisotopic (exact) mass is 160 g/mol. The Balaban J connectivity index is 3.68. The maximum Gasteiger partial charge on any atom is 0.379 e. The standard InChI is InChI=1S/C5H4O6/c6-3-10-11-5(9)2-1-4(7)8/h1-3H,(H,7,8)/b2-1-. The maximum atomic E-state index is 10.3. The molecule has 0 radical (unpaired) electrons. The normalized spacial score (nSPS) is 9.09. The molecule has 0 amide bonds. The number of carbonyl (C=O) groups is 3. The van der Waals surface area contributed by atoms with E-state index in [1.54, 1.807) is 0 Å². The van der Waals surface area contributed by atoms with Crippen LogP contribution in [0.2, 0.25) is 0 Å². The molecule has 0 fully saturated rings.